The number of hydrogen-bond acceptors (Lipinski definition) is 3. The Morgan fingerprint density at radius 2 is 1.88 bits per heavy atom. The lowest BCUT2D eigenvalue weighted by Crippen LogP contribution is -2.46. The number of carbonyl (C=O) groups excluding carboxylic acids is 2. The molecule has 5 nitrogen and oxygen atoms in total. The van der Waals surface area contributed by atoms with Gasteiger partial charge in [-0.1, -0.05) is 6.92 Å². The van der Waals surface area contributed by atoms with Crippen molar-refractivity contribution in [1.29, 1.82) is 0 Å². The number of piperidine rings is 1. The first-order valence-corrected chi connectivity index (χ1v) is 5.96. The fraction of sp³-hybridized carbons (Fsp3) is 0.818. The van der Waals surface area contributed by atoms with E-state index in [9.17, 15) is 9.59 Å². The molecular formula is C11H22ClN3O2. The van der Waals surface area contributed by atoms with Crippen LogP contribution in [0.3, 0.4) is 0 Å². The normalized spacial score (nSPS) is 16.9. The summed E-state index contributed by atoms with van der Waals surface area (Å²) in [5.41, 5.74) is 5.54. The molecule has 1 saturated heterocycles. The molecule has 2 amide bonds. The third-order valence-electron chi connectivity index (χ3n) is 2.90. The minimum atomic E-state index is -0.505. The van der Waals surface area contributed by atoms with Crippen molar-refractivity contribution < 1.29 is 9.59 Å². The summed E-state index contributed by atoms with van der Waals surface area (Å²) in [6.07, 6.45) is 3.91. The van der Waals surface area contributed by atoms with Crippen molar-refractivity contribution in [2.75, 3.05) is 19.6 Å². The molecule has 0 bridgehead atoms. The van der Waals surface area contributed by atoms with Crippen molar-refractivity contribution in [3.63, 3.8) is 0 Å². The highest BCUT2D eigenvalue weighted by Gasteiger charge is 2.18. The smallest absolute Gasteiger partial charge is 0.241 e. The van der Waals surface area contributed by atoms with E-state index in [-0.39, 0.29) is 30.8 Å². The van der Waals surface area contributed by atoms with Gasteiger partial charge < -0.3 is 16.0 Å². The number of nitrogens with zero attached hydrogens (tertiary/aromatic N) is 1. The largest absolute Gasteiger partial charge is 0.346 e. The van der Waals surface area contributed by atoms with E-state index < -0.39 is 6.04 Å². The Labute approximate surface area is 109 Å². The summed E-state index contributed by atoms with van der Waals surface area (Å²) in [5.74, 6) is -0.246. The van der Waals surface area contributed by atoms with Gasteiger partial charge in [0.15, 0.2) is 0 Å². The molecule has 0 aromatic carbocycles. The van der Waals surface area contributed by atoms with Gasteiger partial charge in [0.25, 0.3) is 0 Å². The molecule has 6 heteroatoms. The third-order valence-corrected chi connectivity index (χ3v) is 2.90. The van der Waals surface area contributed by atoms with E-state index in [1.54, 1.807) is 4.90 Å². The Morgan fingerprint density at radius 3 is 2.41 bits per heavy atom. The second-order valence-corrected chi connectivity index (χ2v) is 4.17. The summed E-state index contributed by atoms with van der Waals surface area (Å²) < 4.78 is 0. The SMILES string of the molecule is CC[C@H](N)C(=O)NCC(=O)N1CCCCC1.Cl. The number of carbonyl (C=O) groups is 2. The number of likely N-dealkylation sites (tertiary alicyclic amines) is 1. The van der Waals surface area contributed by atoms with E-state index >= 15 is 0 Å². The lowest BCUT2D eigenvalue weighted by atomic mass is 10.1. The van der Waals surface area contributed by atoms with Crippen LogP contribution in [0.4, 0.5) is 0 Å². The van der Waals surface area contributed by atoms with E-state index in [0.29, 0.717) is 6.42 Å². The molecule has 0 aliphatic carbocycles. The van der Waals surface area contributed by atoms with E-state index in [2.05, 4.69) is 5.32 Å². The summed E-state index contributed by atoms with van der Waals surface area (Å²) in [6.45, 7) is 3.55. The van der Waals surface area contributed by atoms with Crippen LogP contribution in [-0.4, -0.2) is 42.4 Å². The van der Waals surface area contributed by atoms with E-state index in [4.69, 9.17) is 5.73 Å². The van der Waals surface area contributed by atoms with E-state index in [1.165, 1.54) is 6.42 Å². The van der Waals surface area contributed by atoms with Gasteiger partial charge in [0, 0.05) is 13.1 Å². The van der Waals surface area contributed by atoms with Gasteiger partial charge in [-0.15, -0.1) is 12.4 Å². The van der Waals surface area contributed by atoms with Crippen LogP contribution in [0.5, 0.6) is 0 Å². The quantitative estimate of drug-likeness (QED) is 0.765. The van der Waals surface area contributed by atoms with E-state index in [0.717, 1.165) is 25.9 Å². The van der Waals surface area contributed by atoms with Crippen molar-refractivity contribution in [3.05, 3.63) is 0 Å². The van der Waals surface area contributed by atoms with Crippen LogP contribution in [-0.2, 0) is 9.59 Å². The van der Waals surface area contributed by atoms with Crippen LogP contribution in [0.15, 0.2) is 0 Å². The number of nitrogens with one attached hydrogen (secondary N) is 1. The fourth-order valence-electron chi connectivity index (χ4n) is 1.73. The van der Waals surface area contributed by atoms with Crippen molar-refractivity contribution in [2.24, 2.45) is 5.73 Å². The summed E-state index contributed by atoms with van der Waals surface area (Å²) in [4.78, 5) is 24.8. The molecule has 0 unspecified atom stereocenters. The third kappa shape index (κ3) is 5.37. The molecule has 17 heavy (non-hydrogen) atoms. The Morgan fingerprint density at radius 1 is 1.29 bits per heavy atom. The second kappa shape index (κ2) is 8.31. The summed E-state index contributed by atoms with van der Waals surface area (Å²) in [7, 11) is 0. The Kier molecular flexibility index (Phi) is 7.91. The fourth-order valence-corrected chi connectivity index (χ4v) is 1.73. The molecule has 1 rings (SSSR count). The Bertz CT molecular complexity index is 255. The topological polar surface area (TPSA) is 75.4 Å². The molecule has 0 aromatic heterocycles. The molecule has 1 aliphatic heterocycles. The van der Waals surface area contributed by atoms with Gasteiger partial charge in [-0.25, -0.2) is 0 Å². The molecule has 1 aliphatic rings. The second-order valence-electron chi connectivity index (χ2n) is 4.17. The first kappa shape index (κ1) is 16.2. The molecule has 100 valence electrons. The number of hydrogen-bond donors (Lipinski definition) is 2. The van der Waals surface area contributed by atoms with Crippen LogP contribution in [0.1, 0.15) is 32.6 Å². The van der Waals surface area contributed by atoms with Crippen LogP contribution in [0.25, 0.3) is 0 Å². The molecule has 1 fully saturated rings. The van der Waals surface area contributed by atoms with Crippen LogP contribution >= 0.6 is 12.4 Å². The molecule has 0 saturated carbocycles. The minimum absolute atomic E-state index is 0. The monoisotopic (exact) mass is 263 g/mol. The number of halogens is 1. The van der Waals surface area contributed by atoms with Crippen molar-refractivity contribution in [3.8, 4) is 0 Å². The highest BCUT2D eigenvalue weighted by molar-refractivity contribution is 5.87. The van der Waals surface area contributed by atoms with Crippen molar-refractivity contribution >= 4 is 24.2 Å². The molecule has 1 atom stereocenters. The zero-order valence-corrected chi connectivity index (χ0v) is 11.1. The predicted octanol–water partition coefficient (Wildman–Crippen LogP) is 0.274. The first-order valence-electron chi connectivity index (χ1n) is 5.96. The summed E-state index contributed by atoms with van der Waals surface area (Å²) in [6, 6.07) is -0.505. The highest BCUT2D eigenvalue weighted by Crippen LogP contribution is 2.08. The standard InChI is InChI=1S/C11H21N3O2.ClH/c1-2-9(12)11(16)13-8-10(15)14-6-4-3-5-7-14;/h9H,2-8,12H2,1H3,(H,13,16);1H/t9-;/m0./s1. The average Bonchev–Trinajstić information content (AvgIpc) is 2.35. The van der Waals surface area contributed by atoms with E-state index in [1.807, 2.05) is 6.92 Å². The zero-order valence-electron chi connectivity index (χ0n) is 10.3. The molecular weight excluding hydrogens is 242 g/mol. The van der Waals surface area contributed by atoms with Crippen LogP contribution in [0.2, 0.25) is 0 Å². The van der Waals surface area contributed by atoms with Gasteiger partial charge in [-0.2, -0.15) is 0 Å². The average molecular weight is 264 g/mol. The number of rotatable bonds is 4. The molecule has 3 N–H and O–H groups in total. The van der Waals surface area contributed by atoms with Crippen molar-refractivity contribution in [1.82, 2.24) is 10.2 Å². The Hall–Kier alpha value is -0.810. The molecule has 0 radical (unpaired) electrons. The predicted molar refractivity (Wildman–Crippen MR) is 69.0 cm³/mol. The lowest BCUT2D eigenvalue weighted by Gasteiger charge is -2.26. The van der Waals surface area contributed by atoms with Crippen LogP contribution < -0.4 is 11.1 Å². The maximum absolute atomic E-state index is 11.7. The van der Waals surface area contributed by atoms with Crippen molar-refractivity contribution in [2.45, 2.75) is 38.6 Å². The van der Waals surface area contributed by atoms with Gasteiger partial charge in [-0.05, 0) is 25.7 Å². The first-order chi connectivity index (χ1) is 7.65. The highest BCUT2D eigenvalue weighted by atomic mass is 35.5. The molecule has 0 aromatic rings. The lowest BCUT2D eigenvalue weighted by molar-refractivity contribution is -0.133. The maximum Gasteiger partial charge on any atom is 0.241 e. The number of amides is 2. The molecule has 0 spiro atoms. The Balaban J connectivity index is 0.00000256. The molecule has 1 heterocycles. The van der Waals surface area contributed by atoms with Gasteiger partial charge in [0.05, 0.1) is 12.6 Å². The zero-order chi connectivity index (χ0) is 12.0. The van der Waals surface area contributed by atoms with Gasteiger partial charge in [-0.3, -0.25) is 9.59 Å². The number of nitrogens with two attached hydrogens (primary N) is 1. The maximum atomic E-state index is 11.7. The summed E-state index contributed by atoms with van der Waals surface area (Å²) >= 11 is 0. The van der Waals surface area contributed by atoms with Crippen LogP contribution in [0, 0.1) is 0 Å². The minimum Gasteiger partial charge on any atom is -0.346 e. The van der Waals surface area contributed by atoms with Gasteiger partial charge in [0.2, 0.25) is 11.8 Å². The van der Waals surface area contributed by atoms with Gasteiger partial charge in [0.1, 0.15) is 0 Å². The van der Waals surface area contributed by atoms with Gasteiger partial charge >= 0.3 is 0 Å². The summed E-state index contributed by atoms with van der Waals surface area (Å²) in [5, 5.41) is 2.58.